The summed E-state index contributed by atoms with van der Waals surface area (Å²) in [4.78, 5) is 13.5. The first-order valence-corrected chi connectivity index (χ1v) is 7.32. The molecule has 92 valence electrons. The summed E-state index contributed by atoms with van der Waals surface area (Å²) in [5.74, 6) is 1.02. The van der Waals surface area contributed by atoms with Crippen LogP contribution in [0.15, 0.2) is 28.7 Å². The van der Waals surface area contributed by atoms with Gasteiger partial charge in [0.1, 0.15) is 5.75 Å². The summed E-state index contributed by atoms with van der Waals surface area (Å²) in [5, 5.41) is 0. The van der Waals surface area contributed by atoms with Crippen LogP contribution in [0.2, 0.25) is 0 Å². The highest BCUT2D eigenvalue weighted by molar-refractivity contribution is 9.10. The van der Waals surface area contributed by atoms with Crippen LogP contribution in [0.25, 0.3) is 10.4 Å². The maximum absolute atomic E-state index is 11.5. The number of halogens is 1. The minimum absolute atomic E-state index is 0.132. The van der Waals surface area contributed by atoms with E-state index >= 15 is 0 Å². The van der Waals surface area contributed by atoms with Gasteiger partial charge < -0.3 is 4.74 Å². The Labute approximate surface area is 118 Å². The number of hydrogen-bond acceptors (Lipinski definition) is 3. The highest BCUT2D eigenvalue weighted by atomic mass is 79.9. The van der Waals surface area contributed by atoms with E-state index in [-0.39, 0.29) is 5.78 Å². The smallest absolute Gasteiger partial charge is 0.169 e. The minimum Gasteiger partial charge on any atom is -0.493 e. The molecule has 0 aliphatic carbocycles. The highest BCUT2D eigenvalue weighted by Crippen LogP contribution is 2.41. The van der Waals surface area contributed by atoms with Gasteiger partial charge in [-0.25, -0.2) is 0 Å². The number of fused-ring (bicyclic) bond motifs is 3. The van der Waals surface area contributed by atoms with Crippen LogP contribution in [0.1, 0.15) is 22.2 Å². The van der Waals surface area contributed by atoms with E-state index in [1.54, 1.807) is 18.3 Å². The van der Waals surface area contributed by atoms with Crippen molar-refractivity contribution < 1.29 is 9.53 Å². The van der Waals surface area contributed by atoms with Crippen LogP contribution >= 0.6 is 27.3 Å². The number of thiophene rings is 1. The van der Waals surface area contributed by atoms with E-state index < -0.39 is 0 Å². The third kappa shape index (κ3) is 1.99. The Kier molecular flexibility index (Phi) is 2.99. The molecule has 0 spiro atoms. The molecule has 0 unspecified atom stereocenters. The van der Waals surface area contributed by atoms with Crippen molar-refractivity contribution in [3.05, 3.63) is 39.2 Å². The topological polar surface area (TPSA) is 26.3 Å². The van der Waals surface area contributed by atoms with Crippen molar-refractivity contribution in [3.63, 3.8) is 0 Å². The fraction of sp³-hybridized carbons (Fsp3) is 0.214. The first kappa shape index (κ1) is 11.9. The maximum atomic E-state index is 11.5. The molecule has 1 aromatic heterocycles. The van der Waals surface area contributed by atoms with Gasteiger partial charge in [0.2, 0.25) is 0 Å². The van der Waals surface area contributed by atoms with E-state index in [1.165, 1.54) is 10.4 Å². The average molecular weight is 323 g/mol. The summed E-state index contributed by atoms with van der Waals surface area (Å²) < 4.78 is 6.77. The van der Waals surface area contributed by atoms with Gasteiger partial charge in [-0.3, -0.25) is 4.79 Å². The fourth-order valence-corrected chi connectivity index (χ4v) is 3.57. The second-order valence-corrected chi connectivity index (χ2v) is 6.23. The molecular formula is C14H11BrO2S. The Hall–Kier alpha value is -1.13. The van der Waals surface area contributed by atoms with Crippen molar-refractivity contribution in [1.29, 1.82) is 0 Å². The molecule has 1 aliphatic rings. The van der Waals surface area contributed by atoms with Crippen LogP contribution in [0.5, 0.6) is 5.75 Å². The van der Waals surface area contributed by atoms with Gasteiger partial charge >= 0.3 is 0 Å². The number of rotatable bonds is 1. The number of ketones is 1. The lowest BCUT2D eigenvalue weighted by Crippen LogP contribution is -1.98. The number of benzene rings is 1. The van der Waals surface area contributed by atoms with Crippen LogP contribution < -0.4 is 4.74 Å². The van der Waals surface area contributed by atoms with E-state index in [2.05, 4.69) is 15.9 Å². The minimum atomic E-state index is 0.132. The van der Waals surface area contributed by atoms with Gasteiger partial charge in [-0.1, -0.05) is 15.9 Å². The van der Waals surface area contributed by atoms with Gasteiger partial charge in [-0.2, -0.15) is 0 Å². The number of Topliss-reactive ketones (excluding diaryl/α,β-unsaturated/α-hetero) is 1. The molecule has 2 nitrogen and oxygen atoms in total. The van der Waals surface area contributed by atoms with E-state index in [9.17, 15) is 4.79 Å². The summed E-state index contributed by atoms with van der Waals surface area (Å²) in [6, 6.07) is 8.04. The van der Waals surface area contributed by atoms with Crippen molar-refractivity contribution in [2.24, 2.45) is 0 Å². The van der Waals surface area contributed by atoms with E-state index in [0.29, 0.717) is 6.61 Å². The van der Waals surface area contributed by atoms with Crippen molar-refractivity contribution in [2.45, 2.75) is 13.3 Å². The Morgan fingerprint density at radius 2 is 2.22 bits per heavy atom. The molecule has 2 aromatic rings. The molecule has 18 heavy (non-hydrogen) atoms. The normalized spacial score (nSPS) is 13.2. The Morgan fingerprint density at radius 1 is 1.39 bits per heavy atom. The third-order valence-electron chi connectivity index (χ3n) is 2.97. The lowest BCUT2D eigenvalue weighted by Gasteiger charge is -2.07. The van der Waals surface area contributed by atoms with Crippen molar-refractivity contribution in [1.82, 2.24) is 0 Å². The molecular weight excluding hydrogens is 312 g/mol. The van der Waals surface area contributed by atoms with Gasteiger partial charge in [0.15, 0.2) is 5.78 Å². The van der Waals surface area contributed by atoms with Crippen molar-refractivity contribution in [2.75, 3.05) is 6.61 Å². The SMILES string of the molecule is CC(=O)c1cc2c(s1)-c1ccc(Br)cc1OCC2. The quantitative estimate of drug-likeness (QED) is 0.731. The molecule has 0 bridgehead atoms. The van der Waals surface area contributed by atoms with E-state index in [4.69, 9.17) is 4.74 Å². The lowest BCUT2D eigenvalue weighted by atomic mass is 10.1. The standard InChI is InChI=1S/C14H11BrO2S/c1-8(16)13-6-9-4-5-17-12-7-10(15)2-3-11(12)14(9)18-13/h2-3,6-7H,4-5H2,1H3. The van der Waals surface area contributed by atoms with Crippen LogP contribution in [0.3, 0.4) is 0 Å². The zero-order valence-electron chi connectivity index (χ0n) is 9.83. The van der Waals surface area contributed by atoms with Crippen molar-refractivity contribution >= 4 is 33.0 Å². The van der Waals surface area contributed by atoms with Gasteiger partial charge in [0.25, 0.3) is 0 Å². The largest absolute Gasteiger partial charge is 0.493 e. The summed E-state index contributed by atoms with van der Waals surface area (Å²) in [7, 11) is 0. The molecule has 3 rings (SSSR count). The summed E-state index contributed by atoms with van der Waals surface area (Å²) in [6.45, 7) is 2.27. The number of carbonyl (C=O) groups is 1. The van der Waals surface area contributed by atoms with Crippen LogP contribution in [0.4, 0.5) is 0 Å². The van der Waals surface area contributed by atoms with Crippen LogP contribution in [-0.4, -0.2) is 12.4 Å². The molecule has 0 N–H and O–H groups in total. The zero-order chi connectivity index (χ0) is 12.7. The molecule has 0 saturated carbocycles. The Balaban J connectivity index is 2.20. The van der Waals surface area contributed by atoms with Crippen LogP contribution in [-0.2, 0) is 6.42 Å². The molecule has 0 radical (unpaired) electrons. The summed E-state index contributed by atoms with van der Waals surface area (Å²) in [5.41, 5.74) is 2.30. The first-order valence-electron chi connectivity index (χ1n) is 5.71. The molecule has 1 aromatic carbocycles. The average Bonchev–Trinajstić information content (AvgIpc) is 2.67. The molecule has 0 fully saturated rings. The molecule has 1 aliphatic heterocycles. The number of ether oxygens (including phenoxy) is 1. The first-order chi connectivity index (χ1) is 8.65. The van der Waals surface area contributed by atoms with E-state index in [0.717, 1.165) is 27.1 Å². The molecule has 2 heterocycles. The summed E-state index contributed by atoms with van der Waals surface area (Å²) >= 11 is 5.01. The monoisotopic (exact) mass is 322 g/mol. The predicted octanol–water partition coefficient (Wildman–Crippen LogP) is 4.32. The lowest BCUT2D eigenvalue weighted by molar-refractivity contribution is 0.102. The van der Waals surface area contributed by atoms with Gasteiger partial charge in [0, 0.05) is 21.3 Å². The second-order valence-electron chi connectivity index (χ2n) is 4.26. The van der Waals surface area contributed by atoms with Crippen LogP contribution in [0, 0.1) is 0 Å². The predicted molar refractivity (Wildman–Crippen MR) is 76.7 cm³/mol. The van der Waals surface area contributed by atoms with E-state index in [1.807, 2.05) is 24.3 Å². The molecule has 0 atom stereocenters. The van der Waals surface area contributed by atoms with Crippen molar-refractivity contribution in [3.8, 4) is 16.2 Å². The molecule has 0 amide bonds. The number of carbonyl (C=O) groups excluding carboxylic acids is 1. The summed E-state index contributed by atoms with van der Waals surface area (Å²) in [6.07, 6.45) is 0.853. The highest BCUT2D eigenvalue weighted by Gasteiger charge is 2.19. The third-order valence-corrected chi connectivity index (χ3v) is 4.78. The zero-order valence-corrected chi connectivity index (χ0v) is 12.2. The van der Waals surface area contributed by atoms with Gasteiger partial charge in [0.05, 0.1) is 11.5 Å². The van der Waals surface area contributed by atoms with Gasteiger partial charge in [-0.15, -0.1) is 11.3 Å². The fourth-order valence-electron chi connectivity index (χ4n) is 2.09. The van der Waals surface area contributed by atoms with Gasteiger partial charge in [-0.05, 0) is 36.8 Å². The maximum Gasteiger partial charge on any atom is 0.169 e. The molecule has 0 saturated heterocycles. The Morgan fingerprint density at radius 3 is 3.00 bits per heavy atom. The Bertz CT molecular complexity index is 631. The molecule has 4 heteroatoms. The second kappa shape index (κ2) is 4.52. The number of hydrogen-bond donors (Lipinski definition) is 0.